The summed E-state index contributed by atoms with van der Waals surface area (Å²) in [4.78, 5) is 12.1. The minimum absolute atomic E-state index is 0.0289. The van der Waals surface area contributed by atoms with Crippen molar-refractivity contribution >= 4 is 5.78 Å². The van der Waals surface area contributed by atoms with Gasteiger partial charge in [0.15, 0.2) is 5.78 Å². The second kappa shape index (κ2) is 4.41. The summed E-state index contributed by atoms with van der Waals surface area (Å²) in [6.45, 7) is 8.28. The van der Waals surface area contributed by atoms with Gasteiger partial charge in [-0.05, 0) is 50.2 Å². The van der Waals surface area contributed by atoms with Crippen LogP contribution in [0.1, 0.15) is 40.5 Å². The van der Waals surface area contributed by atoms with Crippen LogP contribution in [0.3, 0.4) is 0 Å². The summed E-state index contributed by atoms with van der Waals surface area (Å²) in [5.41, 5.74) is 2.90. The zero-order valence-electron chi connectivity index (χ0n) is 11.2. The molecular weight excluding hydrogens is 212 g/mol. The molecule has 0 saturated heterocycles. The van der Waals surface area contributed by atoms with Gasteiger partial charge in [0.2, 0.25) is 0 Å². The summed E-state index contributed by atoms with van der Waals surface area (Å²) in [7, 11) is 0. The van der Waals surface area contributed by atoms with Crippen molar-refractivity contribution in [2.24, 2.45) is 17.8 Å². The number of ketones is 1. The Morgan fingerprint density at radius 1 is 1.35 bits per heavy atom. The van der Waals surface area contributed by atoms with Crippen LogP contribution in [0.4, 0.5) is 0 Å². The first kappa shape index (κ1) is 12.6. The van der Waals surface area contributed by atoms with Crippen LogP contribution in [0.15, 0.2) is 22.8 Å². The van der Waals surface area contributed by atoms with E-state index in [-0.39, 0.29) is 11.7 Å². The van der Waals surface area contributed by atoms with Crippen LogP contribution in [-0.4, -0.2) is 17.0 Å². The number of hydrogen-bond donors (Lipinski definition) is 1. The fourth-order valence-corrected chi connectivity index (χ4v) is 3.36. The molecule has 17 heavy (non-hydrogen) atoms. The van der Waals surface area contributed by atoms with Crippen molar-refractivity contribution in [3.63, 3.8) is 0 Å². The zero-order valence-corrected chi connectivity index (χ0v) is 11.2. The molecule has 0 unspecified atom stereocenters. The average molecular weight is 234 g/mol. The average Bonchev–Trinajstić information content (AvgIpc) is 2.25. The molecule has 0 aromatic rings. The third-order valence-corrected chi connectivity index (χ3v) is 4.39. The molecule has 0 spiro atoms. The summed E-state index contributed by atoms with van der Waals surface area (Å²) in [5.74, 6) is 1.09. The molecule has 0 aromatic heterocycles. The van der Waals surface area contributed by atoms with Gasteiger partial charge in [0.25, 0.3) is 0 Å². The Morgan fingerprint density at radius 3 is 2.59 bits per heavy atom. The Labute approximate surface area is 103 Å². The lowest BCUT2D eigenvalue weighted by Crippen LogP contribution is -2.41. The molecular formula is C15H22O2. The molecule has 0 fully saturated rings. The van der Waals surface area contributed by atoms with Crippen LogP contribution < -0.4 is 0 Å². The predicted molar refractivity (Wildman–Crippen MR) is 68.5 cm³/mol. The molecule has 0 radical (unpaired) electrons. The first-order valence-corrected chi connectivity index (χ1v) is 6.53. The summed E-state index contributed by atoms with van der Waals surface area (Å²) in [6, 6.07) is 0. The van der Waals surface area contributed by atoms with Crippen LogP contribution in [0.5, 0.6) is 0 Å². The lowest BCUT2D eigenvalue weighted by atomic mass is 9.64. The van der Waals surface area contributed by atoms with Gasteiger partial charge in [0.05, 0.1) is 6.10 Å². The molecule has 0 amide bonds. The number of aliphatic hydroxyl groups excluding tert-OH is 1. The monoisotopic (exact) mass is 234 g/mol. The molecule has 3 atom stereocenters. The highest BCUT2D eigenvalue weighted by molar-refractivity contribution is 6.06. The second-order valence-electron chi connectivity index (χ2n) is 5.86. The van der Waals surface area contributed by atoms with E-state index in [0.717, 1.165) is 24.0 Å². The number of allylic oxidation sites excluding steroid dienone is 2. The van der Waals surface area contributed by atoms with E-state index in [1.165, 1.54) is 5.57 Å². The van der Waals surface area contributed by atoms with Crippen LogP contribution >= 0.6 is 0 Å². The first-order valence-electron chi connectivity index (χ1n) is 6.53. The summed E-state index contributed by atoms with van der Waals surface area (Å²) in [6.07, 6.45) is 3.24. The fraction of sp³-hybridized carbons (Fsp3) is 0.667. The molecule has 2 aliphatic carbocycles. The van der Waals surface area contributed by atoms with Crippen LogP contribution in [-0.2, 0) is 4.79 Å². The van der Waals surface area contributed by atoms with Gasteiger partial charge in [-0.15, -0.1) is 0 Å². The number of rotatable bonds is 1. The highest BCUT2D eigenvalue weighted by Gasteiger charge is 2.42. The minimum Gasteiger partial charge on any atom is -0.388 e. The number of aliphatic hydroxyl groups is 1. The van der Waals surface area contributed by atoms with Gasteiger partial charge in [0.1, 0.15) is 0 Å². The molecule has 0 saturated carbocycles. The maximum Gasteiger partial charge on any atom is 0.182 e. The number of hydrogen-bond acceptors (Lipinski definition) is 2. The van der Waals surface area contributed by atoms with Crippen LogP contribution in [0, 0.1) is 17.8 Å². The molecule has 1 N–H and O–H groups in total. The number of fused-ring (bicyclic) bond motifs is 1. The molecule has 94 valence electrons. The smallest absolute Gasteiger partial charge is 0.182 e. The molecule has 0 bridgehead atoms. The molecule has 2 nitrogen and oxygen atoms in total. The summed E-state index contributed by atoms with van der Waals surface area (Å²) < 4.78 is 0. The Hall–Kier alpha value is -0.890. The Balaban J connectivity index is 2.49. The quantitative estimate of drug-likeness (QED) is 0.757. The lowest BCUT2D eigenvalue weighted by Gasteiger charge is -2.41. The van der Waals surface area contributed by atoms with Gasteiger partial charge >= 0.3 is 0 Å². The number of carbonyl (C=O) groups excluding carboxylic acids is 1. The topological polar surface area (TPSA) is 37.3 Å². The Morgan fingerprint density at radius 2 is 2.00 bits per heavy atom. The van der Waals surface area contributed by atoms with Gasteiger partial charge in [0, 0.05) is 11.5 Å². The molecule has 2 aliphatic rings. The van der Waals surface area contributed by atoms with Crippen molar-refractivity contribution in [1.29, 1.82) is 0 Å². The normalized spacial score (nSPS) is 33.9. The molecule has 0 aliphatic heterocycles. The van der Waals surface area contributed by atoms with Crippen molar-refractivity contribution in [2.45, 2.75) is 46.6 Å². The largest absolute Gasteiger partial charge is 0.388 e. The van der Waals surface area contributed by atoms with E-state index < -0.39 is 6.10 Å². The fourth-order valence-electron chi connectivity index (χ4n) is 3.36. The van der Waals surface area contributed by atoms with E-state index in [2.05, 4.69) is 13.8 Å². The van der Waals surface area contributed by atoms with E-state index in [0.29, 0.717) is 11.8 Å². The third-order valence-electron chi connectivity index (χ3n) is 4.39. The summed E-state index contributed by atoms with van der Waals surface area (Å²) >= 11 is 0. The molecule has 0 heterocycles. The predicted octanol–water partition coefficient (Wildman–Crippen LogP) is 2.88. The van der Waals surface area contributed by atoms with Crippen molar-refractivity contribution < 1.29 is 9.90 Å². The van der Waals surface area contributed by atoms with Crippen molar-refractivity contribution in [2.75, 3.05) is 0 Å². The van der Waals surface area contributed by atoms with E-state index in [1.807, 2.05) is 13.8 Å². The van der Waals surface area contributed by atoms with E-state index >= 15 is 0 Å². The third kappa shape index (κ3) is 1.99. The van der Waals surface area contributed by atoms with Crippen molar-refractivity contribution in [3.8, 4) is 0 Å². The minimum atomic E-state index is -0.467. The first-order chi connectivity index (χ1) is 7.93. The van der Waals surface area contributed by atoms with Gasteiger partial charge in [-0.3, -0.25) is 4.79 Å². The standard InChI is InChI=1S/C15H22O2/c1-8(2)11-6-5-9(3)13-12(16)7-10(4)15(17)14(11)13/h7-8,11,14-15,17H,5-6H2,1-4H3/t11-,14-,15+/m0/s1. The maximum absolute atomic E-state index is 12.1. The van der Waals surface area contributed by atoms with Crippen molar-refractivity contribution in [3.05, 3.63) is 22.8 Å². The van der Waals surface area contributed by atoms with Crippen LogP contribution in [0.2, 0.25) is 0 Å². The SMILES string of the molecule is CC1=CC(=O)C2=C(C)CC[C@@H](C(C)C)[C@@H]2[C@@H]1O. The highest BCUT2D eigenvalue weighted by Crippen LogP contribution is 2.44. The maximum atomic E-state index is 12.1. The molecule has 2 rings (SSSR count). The van der Waals surface area contributed by atoms with Gasteiger partial charge in [-0.1, -0.05) is 19.4 Å². The molecule has 0 aromatic carbocycles. The van der Waals surface area contributed by atoms with E-state index in [1.54, 1.807) is 6.08 Å². The van der Waals surface area contributed by atoms with E-state index in [4.69, 9.17) is 0 Å². The highest BCUT2D eigenvalue weighted by atomic mass is 16.3. The van der Waals surface area contributed by atoms with Gasteiger partial charge < -0.3 is 5.11 Å². The molecule has 2 heteroatoms. The number of carbonyl (C=O) groups is 1. The lowest BCUT2D eigenvalue weighted by molar-refractivity contribution is -0.113. The zero-order chi connectivity index (χ0) is 12.7. The van der Waals surface area contributed by atoms with Crippen LogP contribution in [0.25, 0.3) is 0 Å². The van der Waals surface area contributed by atoms with Crippen molar-refractivity contribution in [1.82, 2.24) is 0 Å². The van der Waals surface area contributed by atoms with E-state index in [9.17, 15) is 9.90 Å². The Kier molecular flexibility index (Phi) is 3.26. The Bertz CT molecular complexity index is 401. The van der Waals surface area contributed by atoms with Gasteiger partial charge in [-0.2, -0.15) is 0 Å². The van der Waals surface area contributed by atoms with Gasteiger partial charge in [-0.25, -0.2) is 0 Å². The second-order valence-corrected chi connectivity index (χ2v) is 5.86. The summed E-state index contributed by atoms with van der Waals surface area (Å²) in [5, 5.41) is 10.4.